The molecule has 2 N–H and O–H groups in total. The molecule has 0 spiro atoms. The zero-order valence-electron chi connectivity index (χ0n) is 13.9. The monoisotopic (exact) mass is 294 g/mol. The second-order valence-electron chi connectivity index (χ2n) is 6.97. The summed E-state index contributed by atoms with van der Waals surface area (Å²) in [5, 5.41) is 6.76. The van der Waals surface area contributed by atoms with E-state index in [-0.39, 0.29) is 11.3 Å². The molecule has 0 bridgehead atoms. The molecule has 0 aromatic rings. The first kappa shape index (κ1) is 16.1. The van der Waals surface area contributed by atoms with E-state index in [2.05, 4.69) is 22.5 Å². The quantitative estimate of drug-likeness (QED) is 0.596. The van der Waals surface area contributed by atoms with Crippen LogP contribution in [-0.4, -0.2) is 51.0 Å². The van der Waals surface area contributed by atoms with Crippen molar-refractivity contribution in [3.8, 4) is 0 Å². The van der Waals surface area contributed by atoms with E-state index in [4.69, 9.17) is 0 Å². The van der Waals surface area contributed by atoms with E-state index in [0.29, 0.717) is 6.54 Å². The third-order valence-corrected chi connectivity index (χ3v) is 5.05. The Morgan fingerprint density at radius 2 is 1.90 bits per heavy atom. The molecule has 0 saturated heterocycles. The predicted octanol–water partition coefficient (Wildman–Crippen LogP) is 1.46. The predicted molar refractivity (Wildman–Crippen MR) is 86.2 cm³/mol. The van der Waals surface area contributed by atoms with E-state index < -0.39 is 0 Å². The number of guanidine groups is 1. The van der Waals surface area contributed by atoms with E-state index in [1.165, 1.54) is 6.42 Å². The molecule has 2 aliphatic rings. The van der Waals surface area contributed by atoms with Crippen LogP contribution in [0.1, 0.15) is 39.0 Å². The largest absolute Gasteiger partial charge is 0.356 e. The molecular formula is C16H30N4O. The van der Waals surface area contributed by atoms with Gasteiger partial charge in [0.15, 0.2) is 5.96 Å². The number of aliphatic imine (C=N–C) groups is 1. The standard InChI is InChI=1S/C16H30N4O/c1-12-9-13(12)10-18-15(17-2)19-11-16(7-5-6-8-16)14(21)20(3)4/h12-13H,5-11H2,1-4H3,(H2,17,18,19). The lowest BCUT2D eigenvalue weighted by molar-refractivity contribution is -0.138. The number of hydrogen-bond donors (Lipinski definition) is 2. The molecule has 0 aromatic heterocycles. The molecule has 0 aliphatic heterocycles. The highest BCUT2D eigenvalue weighted by Crippen LogP contribution is 2.39. The maximum atomic E-state index is 12.5. The van der Waals surface area contributed by atoms with Gasteiger partial charge in [0, 0.05) is 34.2 Å². The average molecular weight is 294 g/mol. The highest BCUT2D eigenvalue weighted by atomic mass is 16.2. The SMILES string of the molecule is CN=C(NCC1CC1C)NCC1(C(=O)N(C)C)CCCC1. The minimum absolute atomic E-state index is 0.242. The Bertz CT molecular complexity index is 399. The van der Waals surface area contributed by atoms with Crippen molar-refractivity contribution in [2.45, 2.75) is 39.0 Å². The van der Waals surface area contributed by atoms with Gasteiger partial charge in [-0.15, -0.1) is 0 Å². The van der Waals surface area contributed by atoms with Gasteiger partial charge in [-0.3, -0.25) is 9.79 Å². The zero-order chi connectivity index (χ0) is 15.5. The third kappa shape index (κ3) is 3.89. The van der Waals surface area contributed by atoms with Crippen molar-refractivity contribution in [1.29, 1.82) is 0 Å². The van der Waals surface area contributed by atoms with E-state index >= 15 is 0 Å². The van der Waals surface area contributed by atoms with Gasteiger partial charge in [-0.05, 0) is 31.1 Å². The van der Waals surface area contributed by atoms with Crippen LogP contribution in [0.2, 0.25) is 0 Å². The number of amides is 1. The highest BCUT2D eigenvalue weighted by Gasteiger charge is 2.42. The van der Waals surface area contributed by atoms with Crippen molar-refractivity contribution in [2.75, 3.05) is 34.2 Å². The molecule has 5 heteroatoms. The number of rotatable bonds is 5. The summed E-state index contributed by atoms with van der Waals surface area (Å²) in [6.07, 6.45) is 5.56. The summed E-state index contributed by atoms with van der Waals surface area (Å²) < 4.78 is 0. The van der Waals surface area contributed by atoms with Gasteiger partial charge in [0.05, 0.1) is 5.41 Å². The van der Waals surface area contributed by atoms with Gasteiger partial charge in [0.1, 0.15) is 0 Å². The Hall–Kier alpha value is -1.26. The smallest absolute Gasteiger partial charge is 0.230 e. The normalized spacial score (nSPS) is 27.3. The Morgan fingerprint density at radius 3 is 2.38 bits per heavy atom. The molecule has 2 saturated carbocycles. The van der Waals surface area contributed by atoms with Gasteiger partial charge in [-0.1, -0.05) is 19.8 Å². The van der Waals surface area contributed by atoms with Gasteiger partial charge >= 0.3 is 0 Å². The molecule has 2 fully saturated rings. The summed E-state index contributed by atoms with van der Waals surface area (Å²) in [7, 11) is 5.49. The van der Waals surface area contributed by atoms with Gasteiger partial charge < -0.3 is 15.5 Å². The maximum absolute atomic E-state index is 12.5. The molecule has 5 nitrogen and oxygen atoms in total. The van der Waals surface area contributed by atoms with Crippen molar-refractivity contribution in [1.82, 2.24) is 15.5 Å². The van der Waals surface area contributed by atoms with Gasteiger partial charge in [-0.2, -0.15) is 0 Å². The summed E-state index contributed by atoms with van der Waals surface area (Å²) in [4.78, 5) is 18.5. The first-order valence-electron chi connectivity index (χ1n) is 8.15. The van der Waals surface area contributed by atoms with E-state index in [0.717, 1.165) is 50.0 Å². The van der Waals surface area contributed by atoms with Crippen LogP contribution in [-0.2, 0) is 4.79 Å². The van der Waals surface area contributed by atoms with Crippen molar-refractivity contribution >= 4 is 11.9 Å². The summed E-state index contributed by atoms with van der Waals surface area (Å²) in [5.41, 5.74) is -0.242. The van der Waals surface area contributed by atoms with E-state index in [9.17, 15) is 4.79 Å². The van der Waals surface area contributed by atoms with Gasteiger partial charge in [0.25, 0.3) is 0 Å². The first-order valence-corrected chi connectivity index (χ1v) is 8.15. The lowest BCUT2D eigenvalue weighted by Gasteiger charge is -2.31. The average Bonchev–Trinajstić information content (AvgIpc) is 2.98. The summed E-state index contributed by atoms with van der Waals surface area (Å²) >= 11 is 0. The minimum Gasteiger partial charge on any atom is -0.356 e. The molecule has 21 heavy (non-hydrogen) atoms. The van der Waals surface area contributed by atoms with Crippen molar-refractivity contribution < 1.29 is 4.79 Å². The summed E-state index contributed by atoms with van der Waals surface area (Å²) in [6, 6.07) is 0. The molecule has 0 heterocycles. The number of carbonyl (C=O) groups is 1. The van der Waals surface area contributed by atoms with Crippen molar-refractivity contribution in [3.05, 3.63) is 0 Å². The van der Waals surface area contributed by atoms with Crippen LogP contribution in [0.4, 0.5) is 0 Å². The van der Waals surface area contributed by atoms with Crippen LogP contribution in [0.15, 0.2) is 4.99 Å². The highest BCUT2D eigenvalue weighted by molar-refractivity contribution is 5.85. The Kier molecular flexibility index (Phi) is 5.12. The summed E-state index contributed by atoms with van der Waals surface area (Å²) in [5.74, 6) is 2.70. The number of nitrogens with zero attached hydrogens (tertiary/aromatic N) is 2. The Balaban J connectivity index is 1.86. The minimum atomic E-state index is -0.242. The van der Waals surface area contributed by atoms with Crippen LogP contribution in [0, 0.1) is 17.3 Å². The first-order chi connectivity index (χ1) is 9.98. The molecular weight excluding hydrogens is 264 g/mol. The van der Waals surface area contributed by atoms with Crippen LogP contribution in [0.25, 0.3) is 0 Å². The van der Waals surface area contributed by atoms with E-state index in [1.54, 1.807) is 11.9 Å². The second-order valence-corrected chi connectivity index (χ2v) is 6.97. The topological polar surface area (TPSA) is 56.7 Å². The Morgan fingerprint density at radius 1 is 1.29 bits per heavy atom. The fourth-order valence-electron chi connectivity index (χ4n) is 3.38. The van der Waals surface area contributed by atoms with Crippen molar-refractivity contribution in [3.63, 3.8) is 0 Å². The lowest BCUT2D eigenvalue weighted by Crippen LogP contribution is -2.49. The van der Waals surface area contributed by atoms with Crippen LogP contribution >= 0.6 is 0 Å². The van der Waals surface area contributed by atoms with Crippen LogP contribution < -0.4 is 10.6 Å². The van der Waals surface area contributed by atoms with Gasteiger partial charge in [0.2, 0.25) is 5.91 Å². The van der Waals surface area contributed by atoms with Crippen LogP contribution in [0.5, 0.6) is 0 Å². The molecule has 2 rings (SSSR count). The van der Waals surface area contributed by atoms with Gasteiger partial charge in [-0.25, -0.2) is 0 Å². The second kappa shape index (κ2) is 6.67. The molecule has 2 unspecified atom stereocenters. The van der Waals surface area contributed by atoms with Crippen LogP contribution in [0.3, 0.4) is 0 Å². The zero-order valence-corrected chi connectivity index (χ0v) is 13.9. The summed E-state index contributed by atoms with van der Waals surface area (Å²) in [6.45, 7) is 3.95. The third-order valence-electron chi connectivity index (χ3n) is 5.05. The number of hydrogen-bond acceptors (Lipinski definition) is 2. The maximum Gasteiger partial charge on any atom is 0.230 e. The molecule has 2 atom stereocenters. The molecule has 0 aromatic carbocycles. The number of carbonyl (C=O) groups excluding carboxylic acids is 1. The fraction of sp³-hybridized carbons (Fsp3) is 0.875. The molecule has 0 radical (unpaired) electrons. The lowest BCUT2D eigenvalue weighted by atomic mass is 9.84. The molecule has 2 aliphatic carbocycles. The van der Waals surface area contributed by atoms with E-state index in [1.807, 2.05) is 14.1 Å². The number of nitrogens with one attached hydrogen (secondary N) is 2. The molecule has 1 amide bonds. The molecule has 120 valence electrons. The van der Waals surface area contributed by atoms with Crippen molar-refractivity contribution in [2.24, 2.45) is 22.2 Å². The Labute approximate surface area is 128 Å². The fourth-order valence-corrected chi connectivity index (χ4v) is 3.38.